The van der Waals surface area contributed by atoms with Crippen molar-refractivity contribution in [3.63, 3.8) is 0 Å². The van der Waals surface area contributed by atoms with Gasteiger partial charge >= 0.3 is 0 Å². The van der Waals surface area contributed by atoms with Crippen molar-refractivity contribution in [2.45, 2.75) is 30.7 Å². The van der Waals surface area contributed by atoms with Gasteiger partial charge in [-0.2, -0.15) is 0 Å². The van der Waals surface area contributed by atoms with Crippen molar-refractivity contribution in [3.8, 4) is 11.5 Å². The van der Waals surface area contributed by atoms with Gasteiger partial charge < -0.3 is 9.84 Å². The van der Waals surface area contributed by atoms with Crippen LogP contribution in [0, 0.1) is 27.2 Å². The molecule has 11 heteroatoms. The van der Waals surface area contributed by atoms with Crippen LogP contribution >= 0.6 is 45.5 Å². The first-order chi connectivity index (χ1) is 23.7. The highest BCUT2D eigenvalue weighted by atomic mass is 127. The number of carbonyl (C=O) groups is 4. The number of anilines is 1. The monoisotopic (exact) mass is 804 g/mol. The molecule has 1 aromatic heterocycles. The van der Waals surface area contributed by atoms with E-state index in [0.29, 0.717) is 31.8 Å². The zero-order valence-corrected chi connectivity index (χ0v) is 29.9. The summed E-state index contributed by atoms with van der Waals surface area (Å²) in [5.41, 5.74) is 1.14. The smallest absolute Gasteiger partial charge is 0.246 e. The van der Waals surface area contributed by atoms with Crippen LogP contribution < -0.4 is 9.64 Å². The second-order valence-corrected chi connectivity index (χ2v) is 15.6. The minimum Gasteiger partial charge on any atom is -0.504 e. The number of phenols is 1. The van der Waals surface area contributed by atoms with Crippen LogP contribution in [-0.2, 0) is 31.1 Å². The third-order valence-electron chi connectivity index (χ3n) is 10.8. The Hall–Kier alpha value is -4.00. The SMILES string of the molecule is COc1cc(C2C3=CCC4C(=O)N(Cc5cccs5)C(=O)C4C3CC3C(=O)N(c4cccc(Cl)c4)C(=O)C32c2ccccc2)cc(I)c1O. The van der Waals surface area contributed by atoms with Crippen LogP contribution in [0.25, 0.3) is 0 Å². The predicted octanol–water partition coefficient (Wildman–Crippen LogP) is 7.08. The molecule has 0 bridgehead atoms. The van der Waals surface area contributed by atoms with Gasteiger partial charge in [-0.3, -0.25) is 24.1 Å². The summed E-state index contributed by atoms with van der Waals surface area (Å²) in [7, 11) is 1.47. The third kappa shape index (κ3) is 4.74. The molecular weight excluding hydrogens is 775 g/mol. The van der Waals surface area contributed by atoms with E-state index in [-0.39, 0.29) is 42.2 Å². The molecule has 4 aliphatic rings. The van der Waals surface area contributed by atoms with Crippen LogP contribution in [0.1, 0.15) is 34.8 Å². The molecule has 2 saturated heterocycles. The van der Waals surface area contributed by atoms with Crippen molar-refractivity contribution in [1.82, 2.24) is 4.90 Å². The summed E-state index contributed by atoms with van der Waals surface area (Å²) in [5, 5.41) is 13.2. The molecule has 4 amide bonds. The Morgan fingerprint density at radius 3 is 2.47 bits per heavy atom. The van der Waals surface area contributed by atoms with Gasteiger partial charge in [-0.1, -0.05) is 65.7 Å². The van der Waals surface area contributed by atoms with Crippen molar-refractivity contribution in [3.05, 3.63) is 120 Å². The highest BCUT2D eigenvalue weighted by Gasteiger charge is 2.70. The zero-order chi connectivity index (χ0) is 34.2. The molecule has 6 atom stereocenters. The van der Waals surface area contributed by atoms with E-state index in [2.05, 4.69) is 0 Å². The number of likely N-dealkylation sites (tertiary alicyclic amines) is 1. The number of methoxy groups -OCH3 is 1. The fraction of sp³-hybridized carbons (Fsp3) is 0.263. The lowest BCUT2D eigenvalue weighted by atomic mass is 9.49. The molecule has 2 aliphatic carbocycles. The maximum Gasteiger partial charge on any atom is 0.246 e. The van der Waals surface area contributed by atoms with E-state index in [4.69, 9.17) is 16.3 Å². The number of imide groups is 2. The van der Waals surface area contributed by atoms with Gasteiger partial charge in [0.1, 0.15) is 0 Å². The van der Waals surface area contributed by atoms with E-state index in [1.807, 2.05) is 82.6 Å². The lowest BCUT2D eigenvalue weighted by Gasteiger charge is -2.50. The quantitative estimate of drug-likeness (QED) is 0.127. The third-order valence-corrected chi connectivity index (χ3v) is 12.7. The van der Waals surface area contributed by atoms with Gasteiger partial charge in [0.2, 0.25) is 23.6 Å². The number of nitrogens with zero attached hydrogens (tertiary/aromatic N) is 2. The highest BCUT2D eigenvalue weighted by Crippen LogP contribution is 2.65. The number of thiophene rings is 1. The molecule has 3 fully saturated rings. The van der Waals surface area contributed by atoms with E-state index in [1.54, 1.807) is 30.3 Å². The van der Waals surface area contributed by atoms with Gasteiger partial charge in [0, 0.05) is 15.8 Å². The summed E-state index contributed by atoms with van der Waals surface area (Å²) < 4.78 is 6.12. The van der Waals surface area contributed by atoms with E-state index < -0.39 is 40.9 Å². The average Bonchev–Trinajstić information content (AvgIpc) is 3.77. The molecule has 1 saturated carbocycles. The van der Waals surface area contributed by atoms with Gasteiger partial charge in [0.05, 0.1) is 46.1 Å². The first kappa shape index (κ1) is 32.2. The summed E-state index contributed by atoms with van der Waals surface area (Å²) in [5.74, 6) is -4.33. The molecule has 3 heterocycles. The number of fused-ring (bicyclic) bond motifs is 4. The Labute approximate surface area is 305 Å². The number of allylic oxidation sites excluding steroid dienone is 2. The molecule has 8 nitrogen and oxygen atoms in total. The number of hydrogen-bond donors (Lipinski definition) is 1. The molecule has 0 radical (unpaired) electrons. The normalized spacial score (nSPS) is 27.6. The number of halogens is 2. The van der Waals surface area contributed by atoms with Crippen LogP contribution in [0.3, 0.4) is 0 Å². The highest BCUT2D eigenvalue weighted by molar-refractivity contribution is 14.1. The number of ether oxygens (including phenoxy) is 1. The second-order valence-electron chi connectivity index (χ2n) is 13.0. The van der Waals surface area contributed by atoms with E-state index in [0.717, 1.165) is 10.5 Å². The summed E-state index contributed by atoms with van der Waals surface area (Å²) >= 11 is 9.93. The van der Waals surface area contributed by atoms with Gasteiger partial charge in [-0.05, 0) is 94.3 Å². The topological polar surface area (TPSA) is 104 Å². The van der Waals surface area contributed by atoms with Crippen LogP contribution in [0.5, 0.6) is 11.5 Å². The number of hydrogen-bond acceptors (Lipinski definition) is 7. The Bertz CT molecular complexity index is 2070. The lowest BCUT2D eigenvalue weighted by molar-refractivity contribution is -0.141. The molecule has 0 spiro atoms. The number of carbonyl (C=O) groups excluding carboxylic acids is 4. The maximum absolute atomic E-state index is 15.3. The largest absolute Gasteiger partial charge is 0.504 e. The molecule has 1 N–H and O–H groups in total. The minimum atomic E-state index is -1.41. The van der Waals surface area contributed by atoms with Crippen LogP contribution in [0.4, 0.5) is 5.69 Å². The van der Waals surface area contributed by atoms with Crippen molar-refractivity contribution in [2.75, 3.05) is 12.0 Å². The zero-order valence-electron chi connectivity index (χ0n) is 26.2. The average molecular weight is 805 g/mol. The van der Waals surface area contributed by atoms with E-state index >= 15 is 4.79 Å². The fourth-order valence-corrected chi connectivity index (χ4v) is 10.3. The van der Waals surface area contributed by atoms with Crippen molar-refractivity contribution in [2.24, 2.45) is 23.7 Å². The Kier molecular flexibility index (Phi) is 7.96. The second kappa shape index (κ2) is 12.1. The number of aromatic hydroxyl groups is 1. The summed E-state index contributed by atoms with van der Waals surface area (Å²) in [6, 6.07) is 23.4. The molecule has 4 aromatic rings. The standard InChI is InChI=1S/C38H30ClIN2O6S/c1-48-30-16-20(15-29(40)33(30)43)32-25-12-13-26-31(36(46)41(34(26)44)19-24-11-6-14-49-24)27(25)18-28-35(45)42(23-10-5-9-22(39)17-23)37(47)38(28,32)21-7-3-2-4-8-21/h2-12,14-17,26-28,31-32,43H,13,18-19H2,1H3. The molecule has 8 rings (SSSR count). The van der Waals surface area contributed by atoms with Gasteiger partial charge in [-0.25, -0.2) is 4.90 Å². The maximum atomic E-state index is 15.3. The number of amides is 4. The molecule has 49 heavy (non-hydrogen) atoms. The van der Waals surface area contributed by atoms with Crippen molar-refractivity contribution in [1.29, 1.82) is 0 Å². The van der Waals surface area contributed by atoms with Crippen LogP contribution in [0.2, 0.25) is 5.02 Å². The first-order valence-electron chi connectivity index (χ1n) is 16.0. The number of rotatable bonds is 6. The van der Waals surface area contributed by atoms with E-state index in [9.17, 15) is 19.5 Å². The fourth-order valence-electron chi connectivity index (χ4n) is 8.81. The van der Waals surface area contributed by atoms with Gasteiger partial charge in [0.15, 0.2) is 11.5 Å². The Balaban J connectivity index is 1.36. The van der Waals surface area contributed by atoms with Crippen molar-refractivity contribution < 1.29 is 29.0 Å². The van der Waals surface area contributed by atoms with Crippen LogP contribution in [-0.4, -0.2) is 40.7 Å². The summed E-state index contributed by atoms with van der Waals surface area (Å²) in [6.45, 7) is 0.207. The first-order valence-corrected chi connectivity index (χ1v) is 18.3. The predicted molar refractivity (Wildman–Crippen MR) is 193 cm³/mol. The summed E-state index contributed by atoms with van der Waals surface area (Å²) in [6.07, 6.45) is 2.57. The molecule has 248 valence electrons. The molecule has 2 aliphatic heterocycles. The Morgan fingerprint density at radius 2 is 1.76 bits per heavy atom. The van der Waals surface area contributed by atoms with Crippen LogP contribution in [0.15, 0.2) is 95.9 Å². The minimum absolute atomic E-state index is 0.0302. The molecular formula is C38H30ClIN2O6S. The van der Waals surface area contributed by atoms with Crippen molar-refractivity contribution >= 4 is 74.8 Å². The number of benzene rings is 3. The van der Waals surface area contributed by atoms with Gasteiger partial charge in [0.25, 0.3) is 0 Å². The molecule has 6 unspecified atom stereocenters. The Morgan fingerprint density at radius 1 is 0.959 bits per heavy atom. The van der Waals surface area contributed by atoms with Gasteiger partial charge in [-0.15, -0.1) is 11.3 Å². The van der Waals surface area contributed by atoms with E-state index in [1.165, 1.54) is 28.2 Å². The lowest BCUT2D eigenvalue weighted by Crippen LogP contribution is -2.53. The molecule has 3 aromatic carbocycles. The summed E-state index contributed by atoms with van der Waals surface area (Å²) in [4.78, 5) is 61.9. The number of phenolic OH excluding ortho intramolecular Hbond substituents is 1.